The van der Waals surface area contributed by atoms with Crippen molar-refractivity contribution in [2.75, 3.05) is 5.32 Å². The second-order valence-electron chi connectivity index (χ2n) is 4.28. The molecule has 0 saturated heterocycles. The molecule has 0 aliphatic rings. The summed E-state index contributed by atoms with van der Waals surface area (Å²) in [4.78, 5) is 27.9. The van der Waals surface area contributed by atoms with Crippen molar-refractivity contribution >= 4 is 34.2 Å². The molecule has 2 heterocycles. The van der Waals surface area contributed by atoms with Gasteiger partial charge in [0.1, 0.15) is 11.1 Å². The number of amides is 1. The molecule has 0 radical (unpaired) electrons. The number of rotatable bonds is 2. The van der Waals surface area contributed by atoms with Crippen LogP contribution in [0.5, 0.6) is 0 Å². The molecule has 1 N–H and O–H groups in total. The first-order valence-electron chi connectivity index (χ1n) is 6.10. The van der Waals surface area contributed by atoms with Crippen molar-refractivity contribution in [2.24, 2.45) is 0 Å². The van der Waals surface area contributed by atoms with E-state index in [9.17, 15) is 9.59 Å². The summed E-state index contributed by atoms with van der Waals surface area (Å²) in [5, 5.41) is 3.35. The third-order valence-corrected chi connectivity index (χ3v) is 3.19. The third kappa shape index (κ3) is 2.64. The predicted molar refractivity (Wildman–Crippen MR) is 79.7 cm³/mol. The summed E-state index contributed by atoms with van der Waals surface area (Å²) >= 11 is 5.86. The lowest BCUT2D eigenvalue weighted by molar-refractivity contribution is 0.102. The smallest absolute Gasteiger partial charge is 0.349 e. The van der Waals surface area contributed by atoms with Gasteiger partial charge < -0.3 is 9.73 Å². The number of benzene rings is 1. The van der Waals surface area contributed by atoms with Crippen molar-refractivity contribution in [3.05, 3.63) is 69.8 Å². The summed E-state index contributed by atoms with van der Waals surface area (Å²) < 4.78 is 5.12. The van der Waals surface area contributed by atoms with Gasteiger partial charge in [-0.3, -0.25) is 4.79 Å². The van der Waals surface area contributed by atoms with Crippen molar-refractivity contribution in [3.63, 3.8) is 0 Å². The maximum atomic E-state index is 12.2. The summed E-state index contributed by atoms with van der Waals surface area (Å²) in [6, 6.07) is 11.7. The van der Waals surface area contributed by atoms with Crippen LogP contribution in [0.4, 0.5) is 5.69 Å². The zero-order chi connectivity index (χ0) is 14.8. The Balaban J connectivity index is 2.00. The number of pyridine rings is 1. The van der Waals surface area contributed by atoms with E-state index in [-0.39, 0.29) is 10.7 Å². The zero-order valence-electron chi connectivity index (χ0n) is 10.7. The first-order valence-corrected chi connectivity index (χ1v) is 6.48. The van der Waals surface area contributed by atoms with Gasteiger partial charge in [-0.25, -0.2) is 9.78 Å². The Morgan fingerprint density at radius 2 is 2.00 bits per heavy atom. The molecule has 0 saturated carbocycles. The van der Waals surface area contributed by atoms with Gasteiger partial charge in [0.05, 0.1) is 5.69 Å². The van der Waals surface area contributed by atoms with E-state index in [1.54, 1.807) is 36.4 Å². The van der Waals surface area contributed by atoms with Crippen molar-refractivity contribution in [1.29, 1.82) is 0 Å². The topological polar surface area (TPSA) is 72.2 Å². The molecular weight excluding hydrogens is 292 g/mol. The maximum Gasteiger partial charge on any atom is 0.349 e. The first kappa shape index (κ1) is 13.3. The first-order chi connectivity index (χ1) is 10.1. The van der Waals surface area contributed by atoms with Gasteiger partial charge in [0, 0.05) is 11.6 Å². The molecule has 1 aromatic carbocycles. The average Bonchev–Trinajstić information content (AvgIpc) is 2.49. The number of anilines is 1. The van der Waals surface area contributed by atoms with Crippen LogP contribution in [0.2, 0.25) is 5.15 Å². The van der Waals surface area contributed by atoms with Gasteiger partial charge in [0.15, 0.2) is 5.15 Å². The standard InChI is InChI=1S/C15H9ClN2O3/c16-13-11(5-3-7-17-13)18-14(19)10-8-9-4-1-2-6-12(9)21-15(10)20/h1-8H,(H,18,19). The van der Waals surface area contributed by atoms with Crippen LogP contribution in [-0.2, 0) is 0 Å². The van der Waals surface area contributed by atoms with Gasteiger partial charge in [0.25, 0.3) is 5.91 Å². The number of aromatic nitrogens is 1. The second-order valence-corrected chi connectivity index (χ2v) is 4.64. The molecule has 2 aromatic heterocycles. The van der Waals surface area contributed by atoms with Crippen LogP contribution in [0.25, 0.3) is 11.0 Å². The molecule has 6 heteroatoms. The van der Waals surface area contributed by atoms with Crippen LogP contribution in [-0.4, -0.2) is 10.9 Å². The predicted octanol–water partition coefficient (Wildman–Crippen LogP) is 3.09. The Bertz CT molecular complexity index is 889. The maximum absolute atomic E-state index is 12.2. The van der Waals surface area contributed by atoms with Crippen LogP contribution < -0.4 is 10.9 Å². The van der Waals surface area contributed by atoms with E-state index in [2.05, 4.69) is 10.3 Å². The molecule has 0 aliphatic heterocycles. The number of nitrogens with one attached hydrogen (secondary N) is 1. The monoisotopic (exact) mass is 300 g/mol. The quantitative estimate of drug-likeness (QED) is 0.583. The fourth-order valence-electron chi connectivity index (χ4n) is 1.89. The molecule has 3 rings (SSSR count). The van der Waals surface area contributed by atoms with E-state index < -0.39 is 11.5 Å². The molecule has 104 valence electrons. The molecule has 0 atom stereocenters. The summed E-state index contributed by atoms with van der Waals surface area (Å²) in [7, 11) is 0. The van der Waals surface area contributed by atoms with Gasteiger partial charge in [-0.15, -0.1) is 0 Å². The van der Waals surface area contributed by atoms with Crippen molar-refractivity contribution < 1.29 is 9.21 Å². The van der Waals surface area contributed by atoms with E-state index in [0.717, 1.165) is 0 Å². The molecule has 1 amide bonds. The van der Waals surface area contributed by atoms with Gasteiger partial charge >= 0.3 is 5.63 Å². The third-order valence-electron chi connectivity index (χ3n) is 2.89. The minimum absolute atomic E-state index is 0.0892. The Kier molecular flexibility index (Phi) is 3.41. The number of carbonyl (C=O) groups excluding carboxylic acids is 1. The highest BCUT2D eigenvalue weighted by atomic mass is 35.5. The number of hydrogen-bond acceptors (Lipinski definition) is 4. The number of para-hydroxylation sites is 1. The van der Waals surface area contributed by atoms with Crippen LogP contribution in [0.15, 0.2) is 57.9 Å². The minimum Gasteiger partial charge on any atom is -0.422 e. The Morgan fingerprint density at radius 1 is 1.19 bits per heavy atom. The summed E-state index contributed by atoms with van der Waals surface area (Å²) in [5.41, 5.74) is -0.0324. The second kappa shape index (κ2) is 5.38. The fourth-order valence-corrected chi connectivity index (χ4v) is 2.06. The van der Waals surface area contributed by atoms with Crippen molar-refractivity contribution in [1.82, 2.24) is 4.98 Å². The molecule has 21 heavy (non-hydrogen) atoms. The van der Waals surface area contributed by atoms with Crippen LogP contribution in [0, 0.1) is 0 Å². The van der Waals surface area contributed by atoms with Gasteiger partial charge in [-0.1, -0.05) is 29.8 Å². The summed E-state index contributed by atoms with van der Waals surface area (Å²) in [6.45, 7) is 0. The van der Waals surface area contributed by atoms with Gasteiger partial charge in [-0.05, 0) is 24.3 Å². The number of nitrogens with zero attached hydrogens (tertiary/aromatic N) is 1. The highest BCUT2D eigenvalue weighted by molar-refractivity contribution is 6.32. The van der Waals surface area contributed by atoms with Crippen LogP contribution in [0.1, 0.15) is 10.4 Å². The average molecular weight is 301 g/mol. The lowest BCUT2D eigenvalue weighted by atomic mass is 10.2. The molecule has 0 aliphatic carbocycles. The fraction of sp³-hybridized carbons (Fsp3) is 0. The Labute approximate surface area is 124 Å². The van der Waals surface area contributed by atoms with Gasteiger partial charge in [-0.2, -0.15) is 0 Å². The summed E-state index contributed by atoms with van der Waals surface area (Å²) in [5.74, 6) is -0.593. The molecule has 0 bridgehead atoms. The van der Waals surface area contributed by atoms with Crippen LogP contribution in [0.3, 0.4) is 0 Å². The molecule has 3 aromatic rings. The normalized spacial score (nSPS) is 10.5. The molecular formula is C15H9ClN2O3. The highest BCUT2D eigenvalue weighted by Gasteiger charge is 2.15. The molecule has 5 nitrogen and oxygen atoms in total. The molecule has 0 spiro atoms. The summed E-state index contributed by atoms with van der Waals surface area (Å²) in [6.07, 6.45) is 1.50. The van der Waals surface area contributed by atoms with E-state index in [4.69, 9.17) is 16.0 Å². The lowest BCUT2D eigenvalue weighted by Crippen LogP contribution is -2.20. The van der Waals surface area contributed by atoms with E-state index in [1.807, 2.05) is 0 Å². The van der Waals surface area contributed by atoms with Crippen molar-refractivity contribution in [3.8, 4) is 0 Å². The van der Waals surface area contributed by atoms with E-state index in [1.165, 1.54) is 12.3 Å². The minimum atomic E-state index is -0.703. The lowest BCUT2D eigenvalue weighted by Gasteiger charge is -2.06. The van der Waals surface area contributed by atoms with Crippen molar-refractivity contribution in [2.45, 2.75) is 0 Å². The Hall–Kier alpha value is -2.66. The van der Waals surface area contributed by atoms with E-state index in [0.29, 0.717) is 16.7 Å². The Morgan fingerprint density at radius 3 is 2.81 bits per heavy atom. The van der Waals surface area contributed by atoms with Gasteiger partial charge in [0.2, 0.25) is 0 Å². The number of hydrogen-bond donors (Lipinski definition) is 1. The highest BCUT2D eigenvalue weighted by Crippen LogP contribution is 2.19. The van der Waals surface area contributed by atoms with Crippen LogP contribution >= 0.6 is 11.6 Å². The zero-order valence-corrected chi connectivity index (χ0v) is 11.4. The number of fused-ring (bicyclic) bond motifs is 1. The SMILES string of the molecule is O=C(Nc1cccnc1Cl)c1cc2ccccc2oc1=O. The largest absolute Gasteiger partial charge is 0.422 e. The van der Waals surface area contributed by atoms with E-state index >= 15 is 0 Å². The molecule has 0 fully saturated rings. The molecule has 0 unspecified atom stereocenters. The number of halogens is 1. The number of carbonyl (C=O) groups is 1.